The van der Waals surface area contributed by atoms with Gasteiger partial charge in [-0.1, -0.05) is 6.07 Å². The van der Waals surface area contributed by atoms with Gasteiger partial charge in [-0.3, -0.25) is 9.78 Å². The summed E-state index contributed by atoms with van der Waals surface area (Å²) in [4.78, 5) is 22.4. The van der Waals surface area contributed by atoms with Crippen LogP contribution in [0.1, 0.15) is 16.8 Å². The van der Waals surface area contributed by atoms with Crippen molar-refractivity contribution in [3.05, 3.63) is 54.5 Å². The Kier molecular flexibility index (Phi) is 3.90. The van der Waals surface area contributed by atoms with Crippen LogP contribution < -0.4 is 4.74 Å². The quantitative estimate of drug-likeness (QED) is 0.857. The molecule has 2 aliphatic heterocycles. The lowest BCUT2D eigenvalue weighted by atomic mass is 9.81. The lowest BCUT2D eigenvalue weighted by Crippen LogP contribution is -2.66. The topological polar surface area (TPSA) is 64.6 Å². The first-order valence-corrected chi connectivity index (χ1v) is 8.14. The maximum atomic E-state index is 12.5. The summed E-state index contributed by atoms with van der Waals surface area (Å²) in [6.07, 6.45) is 5.94. The molecule has 2 saturated heterocycles. The monoisotopic (exact) mass is 325 g/mol. The van der Waals surface area contributed by atoms with Crippen LogP contribution in [0.15, 0.2) is 48.9 Å². The van der Waals surface area contributed by atoms with E-state index in [1.54, 1.807) is 30.7 Å². The van der Waals surface area contributed by atoms with E-state index in [4.69, 9.17) is 9.47 Å². The molecule has 6 heteroatoms. The van der Waals surface area contributed by atoms with Crippen LogP contribution in [-0.2, 0) is 4.74 Å². The van der Waals surface area contributed by atoms with E-state index < -0.39 is 0 Å². The Hall–Kier alpha value is -2.47. The highest BCUT2D eigenvalue weighted by molar-refractivity contribution is 5.94. The Bertz CT molecular complexity index is 702. The predicted octanol–water partition coefficient (Wildman–Crippen LogP) is 1.79. The Morgan fingerprint density at radius 2 is 2.08 bits per heavy atom. The number of hydrogen-bond acceptors (Lipinski definition) is 5. The zero-order chi connectivity index (χ0) is 16.4. The molecule has 124 valence electrons. The maximum Gasteiger partial charge on any atom is 0.254 e. The van der Waals surface area contributed by atoms with Crippen molar-refractivity contribution in [3.8, 4) is 5.88 Å². The fourth-order valence-electron chi connectivity index (χ4n) is 3.41. The molecule has 2 fully saturated rings. The van der Waals surface area contributed by atoms with Crippen LogP contribution in [0.25, 0.3) is 0 Å². The first-order chi connectivity index (χ1) is 11.8. The van der Waals surface area contributed by atoms with Gasteiger partial charge >= 0.3 is 0 Å². The summed E-state index contributed by atoms with van der Waals surface area (Å²) >= 11 is 0. The molecule has 0 aliphatic carbocycles. The largest absolute Gasteiger partial charge is 0.477 e. The molecule has 2 aromatic rings. The summed E-state index contributed by atoms with van der Waals surface area (Å²) < 4.78 is 11.8. The second-order valence-electron chi connectivity index (χ2n) is 6.27. The SMILES string of the molecule is O=C(c1ccncc1)N1CC2(C1)OCCC2COc1ccccn1. The van der Waals surface area contributed by atoms with Gasteiger partial charge in [0.05, 0.1) is 19.7 Å². The summed E-state index contributed by atoms with van der Waals surface area (Å²) in [6.45, 7) is 2.51. The number of rotatable bonds is 4. The molecular formula is C18H19N3O3. The molecule has 4 heterocycles. The zero-order valence-corrected chi connectivity index (χ0v) is 13.3. The molecule has 24 heavy (non-hydrogen) atoms. The minimum absolute atomic E-state index is 0.0305. The fraction of sp³-hybridized carbons (Fsp3) is 0.389. The van der Waals surface area contributed by atoms with Crippen LogP contribution in [0.3, 0.4) is 0 Å². The number of aromatic nitrogens is 2. The number of nitrogens with zero attached hydrogens (tertiary/aromatic N) is 3. The minimum Gasteiger partial charge on any atom is -0.477 e. The molecule has 1 spiro atoms. The molecule has 6 nitrogen and oxygen atoms in total. The van der Waals surface area contributed by atoms with Gasteiger partial charge in [0.15, 0.2) is 0 Å². The molecule has 2 aliphatic rings. The molecule has 0 saturated carbocycles. The molecule has 0 aromatic carbocycles. The Morgan fingerprint density at radius 3 is 2.83 bits per heavy atom. The summed E-state index contributed by atoms with van der Waals surface area (Å²) in [5.74, 6) is 0.938. The third-order valence-corrected chi connectivity index (χ3v) is 4.80. The first kappa shape index (κ1) is 15.1. The highest BCUT2D eigenvalue weighted by Crippen LogP contribution is 2.40. The van der Waals surface area contributed by atoms with Crippen molar-refractivity contribution < 1.29 is 14.3 Å². The summed E-state index contributed by atoms with van der Waals surface area (Å²) in [7, 11) is 0. The number of hydrogen-bond donors (Lipinski definition) is 0. The summed E-state index contributed by atoms with van der Waals surface area (Å²) in [6, 6.07) is 9.10. The van der Waals surface area contributed by atoms with Crippen molar-refractivity contribution in [2.45, 2.75) is 12.0 Å². The molecule has 1 unspecified atom stereocenters. The molecule has 1 atom stereocenters. The number of carbonyl (C=O) groups excluding carboxylic acids is 1. The van der Waals surface area contributed by atoms with Crippen LogP contribution >= 0.6 is 0 Å². The zero-order valence-electron chi connectivity index (χ0n) is 13.3. The van der Waals surface area contributed by atoms with Crippen LogP contribution in [-0.4, -0.2) is 52.7 Å². The van der Waals surface area contributed by atoms with E-state index in [9.17, 15) is 4.79 Å². The standard InChI is InChI=1S/C18H19N3O3/c22-17(14-4-8-19-9-5-14)21-12-18(13-21)15(6-10-24-18)11-23-16-3-1-2-7-20-16/h1-5,7-9,15H,6,10-13H2. The molecule has 1 amide bonds. The van der Waals surface area contributed by atoms with Crippen molar-refractivity contribution in [2.75, 3.05) is 26.3 Å². The Morgan fingerprint density at radius 1 is 1.25 bits per heavy atom. The Labute approximate surface area is 140 Å². The molecule has 2 aromatic heterocycles. The first-order valence-electron chi connectivity index (χ1n) is 8.14. The van der Waals surface area contributed by atoms with Crippen LogP contribution in [0.2, 0.25) is 0 Å². The maximum absolute atomic E-state index is 12.5. The molecular weight excluding hydrogens is 306 g/mol. The van der Waals surface area contributed by atoms with Crippen molar-refractivity contribution >= 4 is 5.91 Å². The minimum atomic E-state index is -0.266. The normalized spacial score (nSPS) is 21.5. The van der Waals surface area contributed by atoms with Gasteiger partial charge in [0, 0.05) is 42.7 Å². The third-order valence-electron chi connectivity index (χ3n) is 4.80. The predicted molar refractivity (Wildman–Crippen MR) is 86.7 cm³/mol. The van der Waals surface area contributed by atoms with Gasteiger partial charge in [0.1, 0.15) is 5.60 Å². The van der Waals surface area contributed by atoms with Crippen molar-refractivity contribution in [1.82, 2.24) is 14.9 Å². The average molecular weight is 325 g/mol. The third kappa shape index (κ3) is 2.73. The molecule has 0 bridgehead atoms. The number of amides is 1. The van der Waals surface area contributed by atoms with Gasteiger partial charge in [-0.25, -0.2) is 4.98 Å². The van der Waals surface area contributed by atoms with E-state index in [1.807, 2.05) is 23.1 Å². The van der Waals surface area contributed by atoms with Gasteiger partial charge in [-0.05, 0) is 24.6 Å². The van der Waals surface area contributed by atoms with Crippen LogP contribution in [0, 0.1) is 5.92 Å². The van der Waals surface area contributed by atoms with E-state index in [2.05, 4.69) is 9.97 Å². The van der Waals surface area contributed by atoms with Gasteiger partial charge in [-0.15, -0.1) is 0 Å². The molecule has 4 rings (SSSR count). The van der Waals surface area contributed by atoms with Crippen LogP contribution in [0.4, 0.5) is 0 Å². The number of likely N-dealkylation sites (tertiary alicyclic amines) is 1. The van der Waals surface area contributed by atoms with Gasteiger partial charge in [0.2, 0.25) is 5.88 Å². The van der Waals surface area contributed by atoms with E-state index in [1.165, 1.54) is 0 Å². The second kappa shape index (κ2) is 6.20. The fourth-order valence-corrected chi connectivity index (χ4v) is 3.41. The molecule has 0 N–H and O–H groups in total. The van der Waals surface area contributed by atoms with E-state index in [-0.39, 0.29) is 17.4 Å². The lowest BCUT2D eigenvalue weighted by molar-refractivity contribution is -0.122. The van der Waals surface area contributed by atoms with E-state index in [0.717, 1.165) is 6.42 Å². The van der Waals surface area contributed by atoms with Gasteiger partial charge < -0.3 is 14.4 Å². The highest BCUT2D eigenvalue weighted by atomic mass is 16.5. The van der Waals surface area contributed by atoms with Crippen LogP contribution in [0.5, 0.6) is 5.88 Å². The van der Waals surface area contributed by atoms with E-state index in [0.29, 0.717) is 37.7 Å². The van der Waals surface area contributed by atoms with Gasteiger partial charge in [0.25, 0.3) is 5.91 Å². The van der Waals surface area contributed by atoms with E-state index >= 15 is 0 Å². The lowest BCUT2D eigenvalue weighted by Gasteiger charge is -2.50. The average Bonchev–Trinajstić information content (AvgIpc) is 3.04. The smallest absolute Gasteiger partial charge is 0.254 e. The summed E-state index contributed by atoms with van der Waals surface area (Å²) in [5, 5.41) is 0. The van der Waals surface area contributed by atoms with Crippen molar-refractivity contribution in [1.29, 1.82) is 0 Å². The van der Waals surface area contributed by atoms with Crippen molar-refractivity contribution in [3.63, 3.8) is 0 Å². The number of carbonyl (C=O) groups is 1. The number of pyridine rings is 2. The van der Waals surface area contributed by atoms with Crippen molar-refractivity contribution in [2.24, 2.45) is 5.92 Å². The molecule has 0 radical (unpaired) electrons. The number of ether oxygens (including phenoxy) is 2. The summed E-state index contributed by atoms with van der Waals surface area (Å²) in [5.41, 5.74) is 0.399. The second-order valence-corrected chi connectivity index (χ2v) is 6.27. The Balaban J connectivity index is 1.37. The van der Waals surface area contributed by atoms with Gasteiger partial charge in [-0.2, -0.15) is 0 Å². The highest BCUT2D eigenvalue weighted by Gasteiger charge is 2.54.